The molecule has 6 heteroatoms. The molecule has 0 unspecified atom stereocenters. The van der Waals surface area contributed by atoms with Crippen LogP contribution in [0.5, 0.6) is 0 Å². The first-order valence-corrected chi connectivity index (χ1v) is 4.09. The van der Waals surface area contributed by atoms with Crippen LogP contribution in [0.3, 0.4) is 0 Å². The first-order valence-electron chi connectivity index (χ1n) is 4.09. The lowest BCUT2D eigenvalue weighted by Gasteiger charge is -1.97. The maximum absolute atomic E-state index is 5.32. The molecule has 0 saturated heterocycles. The second kappa shape index (κ2) is 3.84. The molecule has 6 nitrogen and oxygen atoms in total. The highest BCUT2D eigenvalue weighted by molar-refractivity contribution is 5.44. The Balaban J connectivity index is 2.11. The number of rotatable bonds is 3. The molecular formula is C8H9N5O. The van der Waals surface area contributed by atoms with E-state index in [-0.39, 0.29) is 6.54 Å². The van der Waals surface area contributed by atoms with Gasteiger partial charge in [0.25, 0.3) is 0 Å². The summed E-state index contributed by atoms with van der Waals surface area (Å²) in [4.78, 5) is 4.04. The molecule has 0 fully saturated rings. The van der Waals surface area contributed by atoms with E-state index in [4.69, 9.17) is 10.2 Å². The van der Waals surface area contributed by atoms with Gasteiger partial charge in [0.15, 0.2) is 0 Å². The summed E-state index contributed by atoms with van der Waals surface area (Å²) >= 11 is 0. The summed E-state index contributed by atoms with van der Waals surface area (Å²) in [6, 6.07) is 5.77. The molecule has 0 aliphatic carbocycles. The van der Waals surface area contributed by atoms with Crippen molar-refractivity contribution in [3.8, 4) is 0 Å². The SMILES string of the molecule is NCc1nnc(Nc2ccccn2)o1. The second-order valence-electron chi connectivity index (χ2n) is 2.55. The molecule has 0 aliphatic heterocycles. The predicted molar refractivity (Wildman–Crippen MR) is 49.7 cm³/mol. The maximum Gasteiger partial charge on any atom is 0.321 e. The molecule has 2 aromatic rings. The van der Waals surface area contributed by atoms with Crippen molar-refractivity contribution in [2.45, 2.75) is 6.54 Å². The summed E-state index contributed by atoms with van der Waals surface area (Å²) in [6.45, 7) is 0.233. The minimum atomic E-state index is 0.233. The van der Waals surface area contributed by atoms with Crippen LogP contribution in [0.1, 0.15) is 5.89 Å². The molecule has 0 saturated carbocycles. The summed E-state index contributed by atoms with van der Waals surface area (Å²) in [5, 5.41) is 10.3. The Morgan fingerprint density at radius 3 is 2.93 bits per heavy atom. The number of hydrogen-bond acceptors (Lipinski definition) is 6. The van der Waals surface area contributed by atoms with Crippen LogP contribution in [-0.2, 0) is 6.54 Å². The van der Waals surface area contributed by atoms with Crippen molar-refractivity contribution >= 4 is 11.8 Å². The number of nitrogens with two attached hydrogens (primary N) is 1. The average molecular weight is 191 g/mol. The van der Waals surface area contributed by atoms with E-state index in [0.717, 1.165) is 0 Å². The molecule has 0 atom stereocenters. The van der Waals surface area contributed by atoms with Gasteiger partial charge in [-0.15, -0.1) is 5.10 Å². The second-order valence-corrected chi connectivity index (χ2v) is 2.55. The molecule has 2 rings (SSSR count). The number of pyridine rings is 1. The van der Waals surface area contributed by atoms with E-state index in [1.165, 1.54) is 0 Å². The van der Waals surface area contributed by atoms with Gasteiger partial charge < -0.3 is 10.2 Å². The summed E-state index contributed by atoms with van der Waals surface area (Å²) in [5.41, 5.74) is 5.32. The van der Waals surface area contributed by atoms with Crippen LogP contribution in [0.2, 0.25) is 0 Å². The van der Waals surface area contributed by atoms with Gasteiger partial charge in [-0.05, 0) is 12.1 Å². The highest BCUT2D eigenvalue weighted by Crippen LogP contribution is 2.11. The number of nitrogens with one attached hydrogen (secondary N) is 1. The van der Waals surface area contributed by atoms with Crippen LogP contribution < -0.4 is 11.1 Å². The fourth-order valence-corrected chi connectivity index (χ4v) is 0.933. The zero-order valence-corrected chi connectivity index (χ0v) is 7.34. The van der Waals surface area contributed by atoms with E-state index >= 15 is 0 Å². The number of nitrogens with zero attached hydrogens (tertiary/aromatic N) is 3. The normalized spacial score (nSPS) is 10.1. The number of anilines is 2. The zero-order chi connectivity index (χ0) is 9.80. The lowest BCUT2D eigenvalue weighted by atomic mass is 10.5. The van der Waals surface area contributed by atoms with Gasteiger partial charge in [-0.25, -0.2) is 4.98 Å². The van der Waals surface area contributed by atoms with E-state index in [1.807, 2.05) is 12.1 Å². The van der Waals surface area contributed by atoms with Crippen molar-refractivity contribution in [3.05, 3.63) is 30.3 Å². The van der Waals surface area contributed by atoms with Crippen molar-refractivity contribution in [1.82, 2.24) is 15.2 Å². The number of aromatic nitrogens is 3. The van der Waals surface area contributed by atoms with Crippen molar-refractivity contribution < 1.29 is 4.42 Å². The van der Waals surface area contributed by atoms with Gasteiger partial charge in [0, 0.05) is 6.20 Å². The van der Waals surface area contributed by atoms with Crippen molar-refractivity contribution in [1.29, 1.82) is 0 Å². The van der Waals surface area contributed by atoms with Gasteiger partial charge in [-0.3, -0.25) is 5.32 Å². The van der Waals surface area contributed by atoms with Crippen LogP contribution in [0.15, 0.2) is 28.8 Å². The standard InChI is InChI=1S/C8H9N5O/c9-5-7-12-13-8(14-7)11-6-3-1-2-4-10-6/h1-4H,5,9H2,(H,10,11,13). The Kier molecular flexibility index (Phi) is 2.37. The zero-order valence-electron chi connectivity index (χ0n) is 7.34. The lowest BCUT2D eigenvalue weighted by molar-refractivity contribution is 0.511. The van der Waals surface area contributed by atoms with Gasteiger partial charge in [0.1, 0.15) is 5.82 Å². The first-order chi connectivity index (χ1) is 6.88. The van der Waals surface area contributed by atoms with Crippen molar-refractivity contribution in [2.75, 3.05) is 5.32 Å². The fourth-order valence-electron chi connectivity index (χ4n) is 0.933. The summed E-state index contributed by atoms with van der Waals surface area (Å²) < 4.78 is 5.14. The molecule has 3 N–H and O–H groups in total. The van der Waals surface area contributed by atoms with E-state index < -0.39 is 0 Å². The minimum Gasteiger partial charge on any atom is -0.406 e. The average Bonchev–Trinajstić information content (AvgIpc) is 2.67. The van der Waals surface area contributed by atoms with Crippen LogP contribution in [-0.4, -0.2) is 15.2 Å². The third kappa shape index (κ3) is 1.86. The van der Waals surface area contributed by atoms with Gasteiger partial charge in [-0.2, -0.15) is 0 Å². The maximum atomic E-state index is 5.32. The first kappa shape index (κ1) is 8.64. The fraction of sp³-hybridized carbons (Fsp3) is 0.125. The van der Waals surface area contributed by atoms with E-state index in [1.54, 1.807) is 12.3 Å². The Labute approximate surface area is 80.2 Å². The van der Waals surface area contributed by atoms with Crippen LogP contribution in [0, 0.1) is 0 Å². The molecule has 0 radical (unpaired) electrons. The molecule has 72 valence electrons. The summed E-state index contributed by atoms with van der Waals surface area (Å²) in [5.74, 6) is 1.04. The number of hydrogen-bond donors (Lipinski definition) is 2. The van der Waals surface area contributed by atoms with E-state index in [0.29, 0.717) is 17.7 Å². The van der Waals surface area contributed by atoms with Gasteiger partial charge >= 0.3 is 6.01 Å². The molecular weight excluding hydrogens is 182 g/mol. The molecule has 0 spiro atoms. The molecule has 2 heterocycles. The van der Waals surface area contributed by atoms with Crippen molar-refractivity contribution in [3.63, 3.8) is 0 Å². The summed E-state index contributed by atoms with van der Waals surface area (Å²) in [7, 11) is 0. The molecule has 0 aromatic carbocycles. The van der Waals surface area contributed by atoms with Gasteiger partial charge in [-0.1, -0.05) is 11.2 Å². The topological polar surface area (TPSA) is 89.9 Å². The Morgan fingerprint density at radius 2 is 2.29 bits per heavy atom. The Morgan fingerprint density at radius 1 is 1.36 bits per heavy atom. The highest BCUT2D eigenvalue weighted by Gasteiger charge is 2.03. The largest absolute Gasteiger partial charge is 0.406 e. The van der Waals surface area contributed by atoms with Crippen LogP contribution in [0.4, 0.5) is 11.8 Å². The van der Waals surface area contributed by atoms with Crippen molar-refractivity contribution in [2.24, 2.45) is 5.73 Å². The van der Waals surface area contributed by atoms with Gasteiger partial charge in [0.05, 0.1) is 6.54 Å². The summed E-state index contributed by atoms with van der Waals surface area (Å²) in [6.07, 6.45) is 1.67. The Hall–Kier alpha value is -1.95. The molecule has 0 aliphatic rings. The van der Waals surface area contributed by atoms with E-state index in [2.05, 4.69) is 20.5 Å². The smallest absolute Gasteiger partial charge is 0.321 e. The molecule has 0 amide bonds. The third-order valence-corrected chi connectivity index (χ3v) is 1.54. The van der Waals surface area contributed by atoms with Crippen LogP contribution >= 0.6 is 0 Å². The third-order valence-electron chi connectivity index (χ3n) is 1.54. The van der Waals surface area contributed by atoms with Gasteiger partial charge in [0.2, 0.25) is 5.89 Å². The highest BCUT2D eigenvalue weighted by atomic mass is 16.4. The quantitative estimate of drug-likeness (QED) is 0.740. The Bertz CT molecular complexity index is 399. The predicted octanol–water partition coefficient (Wildman–Crippen LogP) is 0.667. The monoisotopic (exact) mass is 191 g/mol. The molecule has 0 bridgehead atoms. The van der Waals surface area contributed by atoms with Crippen LogP contribution in [0.25, 0.3) is 0 Å². The lowest BCUT2D eigenvalue weighted by Crippen LogP contribution is -1.95. The molecule has 14 heavy (non-hydrogen) atoms. The minimum absolute atomic E-state index is 0.233. The van der Waals surface area contributed by atoms with E-state index in [9.17, 15) is 0 Å². The molecule has 2 aromatic heterocycles.